The van der Waals surface area contributed by atoms with Crippen LogP contribution in [0.15, 0.2) is 22.4 Å². The van der Waals surface area contributed by atoms with E-state index in [1.54, 1.807) is 16.7 Å². The molecule has 2 aliphatic rings. The molecule has 6 rings (SSSR count). The summed E-state index contributed by atoms with van der Waals surface area (Å²) in [6.45, 7) is 6.43. The molecule has 0 radical (unpaired) electrons. The number of thiazole rings is 1. The van der Waals surface area contributed by atoms with Crippen LogP contribution in [-0.2, 0) is 19.4 Å². The minimum Gasteiger partial charge on any atom is -0.353 e. The summed E-state index contributed by atoms with van der Waals surface area (Å²) in [5.41, 5.74) is 2.34. The van der Waals surface area contributed by atoms with Crippen LogP contribution >= 0.6 is 22.7 Å². The Bertz CT molecular complexity index is 1310. The van der Waals surface area contributed by atoms with E-state index >= 15 is 0 Å². The summed E-state index contributed by atoms with van der Waals surface area (Å²) in [5.74, 6) is 1.97. The van der Waals surface area contributed by atoms with Crippen LogP contribution in [0.1, 0.15) is 28.4 Å². The minimum absolute atomic E-state index is 0.0000483. The molecule has 0 bridgehead atoms. The van der Waals surface area contributed by atoms with E-state index in [0.717, 1.165) is 59.7 Å². The molecule has 154 valence electrons. The third-order valence-corrected chi connectivity index (χ3v) is 8.01. The third kappa shape index (κ3) is 3.03. The average Bonchev–Trinajstić information content (AvgIpc) is 3.43. The molecule has 0 unspecified atom stereocenters. The summed E-state index contributed by atoms with van der Waals surface area (Å²) in [6.07, 6.45) is 5.37. The number of hydrogen-bond acceptors (Lipinski definition) is 8. The second kappa shape index (κ2) is 7.11. The number of nitrogens with zero attached hydrogens (tertiary/aromatic N) is 6. The second-order valence-corrected chi connectivity index (χ2v) is 9.99. The van der Waals surface area contributed by atoms with E-state index in [1.807, 2.05) is 23.6 Å². The molecule has 1 aliphatic heterocycles. The van der Waals surface area contributed by atoms with E-state index in [-0.39, 0.29) is 5.56 Å². The van der Waals surface area contributed by atoms with Crippen LogP contribution in [0.25, 0.3) is 15.2 Å². The fourth-order valence-electron chi connectivity index (χ4n) is 4.62. The Labute approximate surface area is 181 Å². The Morgan fingerprint density at radius 1 is 1.10 bits per heavy atom. The van der Waals surface area contributed by atoms with Gasteiger partial charge in [-0.2, -0.15) is 0 Å². The van der Waals surface area contributed by atoms with Crippen molar-refractivity contribution in [3.63, 3.8) is 0 Å². The van der Waals surface area contributed by atoms with Gasteiger partial charge in [0.2, 0.25) is 0 Å². The second-order valence-electron chi connectivity index (χ2n) is 8.04. The van der Waals surface area contributed by atoms with E-state index in [1.165, 1.54) is 40.0 Å². The van der Waals surface area contributed by atoms with Crippen molar-refractivity contribution in [3.8, 4) is 0 Å². The summed E-state index contributed by atoms with van der Waals surface area (Å²) in [7, 11) is 0. The summed E-state index contributed by atoms with van der Waals surface area (Å²) >= 11 is 3.36. The van der Waals surface area contributed by atoms with Gasteiger partial charge in [-0.1, -0.05) is 0 Å². The van der Waals surface area contributed by atoms with Crippen LogP contribution in [0.4, 0.5) is 5.82 Å². The summed E-state index contributed by atoms with van der Waals surface area (Å²) in [4.78, 5) is 34.7. The van der Waals surface area contributed by atoms with Crippen molar-refractivity contribution >= 4 is 43.7 Å². The Balaban J connectivity index is 1.23. The lowest BCUT2D eigenvalue weighted by Crippen LogP contribution is -2.46. The fourth-order valence-corrected chi connectivity index (χ4v) is 6.66. The van der Waals surface area contributed by atoms with E-state index in [4.69, 9.17) is 9.97 Å². The van der Waals surface area contributed by atoms with E-state index in [2.05, 4.69) is 14.8 Å². The molecule has 30 heavy (non-hydrogen) atoms. The predicted molar refractivity (Wildman–Crippen MR) is 121 cm³/mol. The molecule has 9 heteroatoms. The lowest BCUT2D eigenvalue weighted by molar-refractivity contribution is 0.247. The third-order valence-electron chi connectivity index (χ3n) is 6.07. The summed E-state index contributed by atoms with van der Waals surface area (Å²) < 4.78 is 1.61. The lowest BCUT2D eigenvalue weighted by atomic mass is 10.1. The molecule has 0 N–H and O–H groups in total. The molecule has 7 nitrogen and oxygen atoms in total. The predicted octanol–water partition coefficient (Wildman–Crippen LogP) is 2.88. The Kier molecular flexibility index (Phi) is 4.36. The molecule has 0 saturated carbocycles. The van der Waals surface area contributed by atoms with Gasteiger partial charge in [-0.25, -0.2) is 15.0 Å². The van der Waals surface area contributed by atoms with Gasteiger partial charge in [-0.15, -0.1) is 22.7 Å². The number of piperazine rings is 1. The largest absolute Gasteiger partial charge is 0.353 e. The highest BCUT2D eigenvalue weighted by molar-refractivity contribution is 7.19. The molecule has 0 aromatic carbocycles. The van der Waals surface area contributed by atoms with Crippen LogP contribution in [0.3, 0.4) is 0 Å². The molecule has 4 aromatic heterocycles. The Morgan fingerprint density at radius 3 is 2.83 bits per heavy atom. The number of aryl methyl sites for hydroxylation is 3. The maximum Gasteiger partial charge on any atom is 0.258 e. The van der Waals surface area contributed by atoms with Gasteiger partial charge in [0.1, 0.15) is 16.5 Å². The first kappa shape index (κ1) is 18.4. The Morgan fingerprint density at radius 2 is 1.97 bits per heavy atom. The Hall–Kier alpha value is -2.36. The number of thiophene rings is 1. The smallest absolute Gasteiger partial charge is 0.258 e. The fraction of sp³-hybridized carbons (Fsp3) is 0.429. The van der Waals surface area contributed by atoms with Crippen LogP contribution in [-0.4, -0.2) is 50.4 Å². The van der Waals surface area contributed by atoms with Crippen molar-refractivity contribution in [3.05, 3.63) is 50.0 Å². The van der Waals surface area contributed by atoms with Crippen molar-refractivity contribution in [1.29, 1.82) is 0 Å². The molecule has 0 amide bonds. The van der Waals surface area contributed by atoms with E-state index in [9.17, 15) is 4.79 Å². The van der Waals surface area contributed by atoms with Crippen molar-refractivity contribution in [2.45, 2.75) is 32.7 Å². The van der Waals surface area contributed by atoms with Crippen LogP contribution in [0.5, 0.6) is 0 Å². The zero-order chi connectivity index (χ0) is 20.2. The summed E-state index contributed by atoms with van der Waals surface area (Å²) in [5, 5.41) is 3.20. The summed E-state index contributed by atoms with van der Waals surface area (Å²) in [6, 6.07) is 1.66. The SMILES string of the molecule is Cc1nc(N2CCN(Cc3cc(=O)n4ccsc4n3)CC2)c2c3c(sc2n1)CCC3. The highest BCUT2D eigenvalue weighted by Gasteiger charge is 2.26. The minimum atomic E-state index is 0.0000483. The molecular formula is C21H22N6OS2. The number of anilines is 1. The zero-order valence-electron chi connectivity index (χ0n) is 16.8. The number of hydrogen-bond donors (Lipinski definition) is 0. The van der Waals surface area contributed by atoms with Gasteiger partial charge in [-0.3, -0.25) is 14.1 Å². The maximum atomic E-state index is 12.3. The first-order valence-corrected chi connectivity index (χ1v) is 12.1. The van der Waals surface area contributed by atoms with Gasteiger partial charge in [-0.05, 0) is 31.7 Å². The highest BCUT2D eigenvalue weighted by Crippen LogP contribution is 2.40. The molecule has 0 atom stereocenters. The van der Waals surface area contributed by atoms with Gasteiger partial charge >= 0.3 is 0 Å². The number of fused-ring (bicyclic) bond motifs is 4. The molecule has 5 heterocycles. The molecule has 4 aromatic rings. The van der Waals surface area contributed by atoms with Crippen molar-refractivity contribution in [2.75, 3.05) is 31.1 Å². The van der Waals surface area contributed by atoms with Gasteiger partial charge < -0.3 is 4.90 Å². The molecule has 1 fully saturated rings. The van der Waals surface area contributed by atoms with Gasteiger partial charge in [0.25, 0.3) is 5.56 Å². The number of rotatable bonds is 3. The molecule has 0 spiro atoms. The molecule has 1 saturated heterocycles. The van der Waals surface area contributed by atoms with Crippen molar-refractivity contribution in [1.82, 2.24) is 24.3 Å². The lowest BCUT2D eigenvalue weighted by Gasteiger charge is -2.35. The quantitative estimate of drug-likeness (QED) is 0.490. The first-order chi connectivity index (χ1) is 14.7. The van der Waals surface area contributed by atoms with E-state index < -0.39 is 0 Å². The molecule has 1 aliphatic carbocycles. The van der Waals surface area contributed by atoms with Gasteiger partial charge in [0.05, 0.1) is 11.1 Å². The van der Waals surface area contributed by atoms with E-state index in [0.29, 0.717) is 6.54 Å². The van der Waals surface area contributed by atoms with Crippen molar-refractivity contribution in [2.24, 2.45) is 0 Å². The highest BCUT2D eigenvalue weighted by atomic mass is 32.1. The monoisotopic (exact) mass is 438 g/mol. The number of aromatic nitrogens is 4. The normalized spacial score (nSPS) is 17.3. The van der Waals surface area contributed by atoms with Gasteiger partial charge in [0, 0.05) is 55.2 Å². The van der Waals surface area contributed by atoms with Crippen LogP contribution in [0, 0.1) is 6.92 Å². The maximum absolute atomic E-state index is 12.3. The molecular weight excluding hydrogens is 416 g/mol. The van der Waals surface area contributed by atoms with Crippen LogP contribution < -0.4 is 10.5 Å². The average molecular weight is 439 g/mol. The van der Waals surface area contributed by atoms with Crippen LogP contribution in [0.2, 0.25) is 0 Å². The standard InChI is InChI=1S/C21H22N6OS2/c1-13-22-19(18-15-3-2-4-16(15)30-20(18)23-13)26-7-5-25(6-8-26)12-14-11-17(28)27-9-10-29-21(27)24-14/h9-11H,2-8,12H2,1H3. The topological polar surface area (TPSA) is 66.6 Å². The van der Waals surface area contributed by atoms with Gasteiger partial charge in [0.15, 0.2) is 4.96 Å². The van der Waals surface area contributed by atoms with Crippen molar-refractivity contribution < 1.29 is 0 Å². The zero-order valence-corrected chi connectivity index (χ0v) is 18.4. The first-order valence-electron chi connectivity index (χ1n) is 10.4.